The fraction of sp³-hybridized carbons (Fsp3) is 0.625. The lowest BCUT2D eigenvalue weighted by atomic mass is 10.1. The molecule has 0 amide bonds. The molecule has 0 spiro atoms. The Bertz CT molecular complexity index is 220. The van der Waals surface area contributed by atoms with Crippen LogP contribution in [0.2, 0.25) is 0 Å². The molecule has 11 heavy (non-hydrogen) atoms. The second kappa shape index (κ2) is 4.12. The number of aryl methyl sites for hydroxylation is 1. The van der Waals surface area contributed by atoms with E-state index < -0.39 is 0 Å². The van der Waals surface area contributed by atoms with E-state index in [1.165, 1.54) is 4.88 Å². The smallest absolute Gasteiger partial charge is 0.0896 e. The van der Waals surface area contributed by atoms with Crippen LogP contribution in [0.3, 0.4) is 0 Å². The van der Waals surface area contributed by atoms with Gasteiger partial charge in [0, 0.05) is 11.1 Å². The van der Waals surface area contributed by atoms with E-state index in [1.54, 1.807) is 11.3 Å². The molecule has 3 heteroatoms. The summed E-state index contributed by atoms with van der Waals surface area (Å²) in [4.78, 5) is 5.58. The van der Waals surface area contributed by atoms with E-state index in [0.717, 1.165) is 17.2 Å². The van der Waals surface area contributed by atoms with Gasteiger partial charge in [-0.3, -0.25) is 0 Å². The van der Waals surface area contributed by atoms with E-state index in [0.29, 0.717) is 5.92 Å². The molecule has 1 nitrogen and oxygen atoms in total. The zero-order valence-corrected chi connectivity index (χ0v) is 8.58. The Morgan fingerprint density at radius 1 is 1.73 bits per heavy atom. The van der Waals surface area contributed by atoms with Crippen molar-refractivity contribution in [2.45, 2.75) is 20.3 Å². The number of thiazole rings is 1. The second-order valence-electron chi connectivity index (χ2n) is 2.84. The number of hydrogen-bond donors (Lipinski definition) is 1. The zero-order valence-electron chi connectivity index (χ0n) is 6.87. The van der Waals surface area contributed by atoms with Crippen LogP contribution in [0.5, 0.6) is 0 Å². The standard InChI is InChI=1S/C8H13NS2/c1-6(5-10)3-8-4-9-7(2)11-8/h4,6,10H,3,5H2,1-2H3/t6-/m1/s1. The van der Waals surface area contributed by atoms with Crippen molar-refractivity contribution in [1.82, 2.24) is 4.98 Å². The predicted molar refractivity (Wildman–Crippen MR) is 53.6 cm³/mol. The third kappa shape index (κ3) is 2.83. The molecular weight excluding hydrogens is 174 g/mol. The molecule has 0 aliphatic rings. The summed E-state index contributed by atoms with van der Waals surface area (Å²) in [6.45, 7) is 4.25. The van der Waals surface area contributed by atoms with Crippen molar-refractivity contribution >= 4 is 24.0 Å². The van der Waals surface area contributed by atoms with Gasteiger partial charge in [-0.1, -0.05) is 6.92 Å². The summed E-state index contributed by atoms with van der Waals surface area (Å²) in [5.41, 5.74) is 0. The SMILES string of the molecule is Cc1ncc(C[C@@H](C)CS)s1. The molecule has 0 fully saturated rings. The lowest BCUT2D eigenvalue weighted by molar-refractivity contribution is 0.667. The van der Waals surface area contributed by atoms with E-state index in [-0.39, 0.29) is 0 Å². The highest BCUT2D eigenvalue weighted by Crippen LogP contribution is 2.16. The quantitative estimate of drug-likeness (QED) is 0.718. The predicted octanol–water partition coefficient (Wildman–Crippen LogP) is 2.56. The van der Waals surface area contributed by atoms with Crippen LogP contribution >= 0.6 is 24.0 Å². The first-order valence-electron chi connectivity index (χ1n) is 3.74. The van der Waals surface area contributed by atoms with E-state index >= 15 is 0 Å². The first kappa shape index (κ1) is 9.07. The summed E-state index contributed by atoms with van der Waals surface area (Å²) in [6, 6.07) is 0. The molecule has 0 radical (unpaired) electrons. The highest BCUT2D eigenvalue weighted by atomic mass is 32.1. The van der Waals surface area contributed by atoms with Gasteiger partial charge in [0.05, 0.1) is 5.01 Å². The van der Waals surface area contributed by atoms with Gasteiger partial charge in [-0.25, -0.2) is 4.98 Å². The summed E-state index contributed by atoms with van der Waals surface area (Å²) in [6.07, 6.45) is 3.09. The van der Waals surface area contributed by atoms with E-state index in [2.05, 4.69) is 24.5 Å². The summed E-state index contributed by atoms with van der Waals surface area (Å²) < 4.78 is 0. The number of aromatic nitrogens is 1. The maximum atomic E-state index is 4.24. The van der Waals surface area contributed by atoms with Crippen LogP contribution in [0.15, 0.2) is 6.20 Å². The number of hydrogen-bond acceptors (Lipinski definition) is 3. The van der Waals surface area contributed by atoms with Crippen LogP contribution < -0.4 is 0 Å². The van der Waals surface area contributed by atoms with Crippen molar-refractivity contribution in [2.75, 3.05) is 5.75 Å². The Morgan fingerprint density at radius 3 is 2.91 bits per heavy atom. The molecule has 1 aromatic rings. The molecule has 0 saturated heterocycles. The second-order valence-corrected chi connectivity index (χ2v) is 4.52. The number of thiol groups is 1. The molecule has 0 unspecified atom stereocenters. The summed E-state index contributed by atoms with van der Waals surface area (Å²) in [5, 5.41) is 1.16. The molecule has 0 bridgehead atoms. The number of nitrogens with zero attached hydrogens (tertiary/aromatic N) is 1. The van der Waals surface area contributed by atoms with Crippen LogP contribution in [-0.2, 0) is 6.42 Å². The van der Waals surface area contributed by atoms with Gasteiger partial charge in [0.25, 0.3) is 0 Å². The molecule has 1 heterocycles. The summed E-state index contributed by atoms with van der Waals surface area (Å²) in [5.74, 6) is 1.62. The third-order valence-corrected chi connectivity index (χ3v) is 3.09. The van der Waals surface area contributed by atoms with E-state index in [1.807, 2.05) is 13.1 Å². The highest BCUT2D eigenvalue weighted by Gasteiger charge is 2.03. The maximum Gasteiger partial charge on any atom is 0.0896 e. The first-order chi connectivity index (χ1) is 5.22. The molecule has 0 aromatic carbocycles. The number of rotatable bonds is 3. The van der Waals surface area contributed by atoms with Crippen LogP contribution in [0, 0.1) is 12.8 Å². The summed E-state index contributed by atoms with van der Waals surface area (Å²) >= 11 is 6.02. The van der Waals surface area contributed by atoms with Gasteiger partial charge >= 0.3 is 0 Å². The highest BCUT2D eigenvalue weighted by molar-refractivity contribution is 7.80. The molecule has 0 aliphatic heterocycles. The van der Waals surface area contributed by atoms with Gasteiger partial charge in [-0.05, 0) is 25.0 Å². The molecule has 1 rings (SSSR count). The average Bonchev–Trinajstić information content (AvgIpc) is 2.35. The first-order valence-corrected chi connectivity index (χ1v) is 5.19. The third-order valence-electron chi connectivity index (χ3n) is 1.53. The fourth-order valence-corrected chi connectivity index (χ4v) is 1.99. The van der Waals surface area contributed by atoms with Crippen LogP contribution in [-0.4, -0.2) is 10.7 Å². The van der Waals surface area contributed by atoms with Crippen molar-refractivity contribution in [1.29, 1.82) is 0 Å². The van der Waals surface area contributed by atoms with Gasteiger partial charge in [-0.2, -0.15) is 12.6 Å². The molecule has 1 aromatic heterocycles. The van der Waals surface area contributed by atoms with Crippen molar-refractivity contribution in [3.63, 3.8) is 0 Å². The Balaban J connectivity index is 2.50. The van der Waals surface area contributed by atoms with Crippen molar-refractivity contribution in [3.05, 3.63) is 16.1 Å². The molecule has 0 saturated carbocycles. The minimum Gasteiger partial charge on any atom is -0.250 e. The van der Waals surface area contributed by atoms with Gasteiger partial charge in [0.15, 0.2) is 0 Å². The van der Waals surface area contributed by atoms with Crippen LogP contribution in [0.1, 0.15) is 16.8 Å². The Kier molecular flexibility index (Phi) is 3.40. The molecular formula is C8H13NS2. The molecule has 1 atom stereocenters. The monoisotopic (exact) mass is 187 g/mol. The van der Waals surface area contributed by atoms with Crippen LogP contribution in [0.25, 0.3) is 0 Å². The normalized spacial score (nSPS) is 13.4. The molecule has 0 aliphatic carbocycles. The van der Waals surface area contributed by atoms with Gasteiger partial charge < -0.3 is 0 Å². The average molecular weight is 187 g/mol. The van der Waals surface area contributed by atoms with E-state index in [4.69, 9.17) is 0 Å². The zero-order chi connectivity index (χ0) is 8.27. The maximum absolute atomic E-state index is 4.24. The van der Waals surface area contributed by atoms with Crippen LogP contribution in [0.4, 0.5) is 0 Å². The van der Waals surface area contributed by atoms with Gasteiger partial charge in [-0.15, -0.1) is 11.3 Å². The lowest BCUT2D eigenvalue weighted by Gasteiger charge is -2.03. The largest absolute Gasteiger partial charge is 0.250 e. The van der Waals surface area contributed by atoms with Crippen molar-refractivity contribution in [3.8, 4) is 0 Å². The Morgan fingerprint density at radius 2 is 2.45 bits per heavy atom. The Labute approximate surface area is 77.3 Å². The lowest BCUT2D eigenvalue weighted by Crippen LogP contribution is -1.98. The summed E-state index contributed by atoms with van der Waals surface area (Å²) in [7, 11) is 0. The van der Waals surface area contributed by atoms with E-state index in [9.17, 15) is 0 Å². The van der Waals surface area contributed by atoms with Crippen molar-refractivity contribution in [2.24, 2.45) is 5.92 Å². The fourth-order valence-electron chi connectivity index (χ4n) is 0.908. The Hall–Kier alpha value is -0.0200. The van der Waals surface area contributed by atoms with Gasteiger partial charge in [0.2, 0.25) is 0 Å². The van der Waals surface area contributed by atoms with Crippen molar-refractivity contribution < 1.29 is 0 Å². The molecule has 0 N–H and O–H groups in total. The minimum absolute atomic E-state index is 0.665. The topological polar surface area (TPSA) is 12.9 Å². The molecule has 62 valence electrons. The minimum atomic E-state index is 0.665. The van der Waals surface area contributed by atoms with Gasteiger partial charge in [0.1, 0.15) is 0 Å².